The van der Waals surface area contributed by atoms with Crippen molar-refractivity contribution in [1.29, 1.82) is 0 Å². The first kappa shape index (κ1) is 23.7. The van der Waals surface area contributed by atoms with Crippen molar-refractivity contribution in [3.05, 3.63) is 98.9 Å². The van der Waals surface area contributed by atoms with Crippen molar-refractivity contribution < 1.29 is 14.7 Å². The fraction of sp³-hybridized carbons (Fsp3) is 0.111. The lowest BCUT2D eigenvalue weighted by Gasteiger charge is -2.23. The number of carbonyl (C=O) groups excluding carboxylic acids is 2. The summed E-state index contributed by atoms with van der Waals surface area (Å²) in [5.74, 6) is -1.97. The molecule has 10 heteroatoms. The highest BCUT2D eigenvalue weighted by Crippen LogP contribution is 2.45. The van der Waals surface area contributed by atoms with Crippen LogP contribution in [0.2, 0.25) is 10.0 Å². The average molecular weight is 549 g/mol. The predicted octanol–water partition coefficient (Wildman–Crippen LogP) is 6.49. The van der Waals surface area contributed by atoms with Crippen LogP contribution in [-0.2, 0) is 9.59 Å². The summed E-state index contributed by atoms with van der Waals surface area (Å²) in [6, 6.07) is 14.9. The zero-order chi connectivity index (χ0) is 26.0. The largest absolute Gasteiger partial charge is 0.505 e. The number of carbonyl (C=O) groups is 2. The van der Waals surface area contributed by atoms with Crippen molar-refractivity contribution in [2.75, 3.05) is 4.90 Å². The second kappa shape index (κ2) is 8.69. The maximum absolute atomic E-state index is 13.5. The number of aromatic nitrogens is 3. The highest BCUT2D eigenvalue weighted by molar-refractivity contribution is 7.22. The molecule has 184 valence electrons. The number of anilines is 1. The highest BCUT2D eigenvalue weighted by Gasteiger charge is 2.48. The number of hydrogen-bond donors (Lipinski definition) is 1. The molecule has 0 saturated carbocycles. The minimum atomic E-state index is -0.958. The lowest BCUT2D eigenvalue weighted by Crippen LogP contribution is -2.29. The van der Waals surface area contributed by atoms with Crippen molar-refractivity contribution in [1.82, 2.24) is 14.4 Å². The third-order valence-corrected chi connectivity index (χ3v) is 7.95. The topological polar surface area (TPSA) is 87.8 Å². The second-order valence-corrected chi connectivity index (χ2v) is 10.6. The molecule has 37 heavy (non-hydrogen) atoms. The van der Waals surface area contributed by atoms with Gasteiger partial charge in [-0.15, -0.1) is 0 Å². The molecule has 5 aromatic rings. The SMILES string of the molecule is Cc1cccn2c(C)c(/C(O)=C3\C(=O)C(=O)N(c4nc5ccc(Cl)cc5s4)C3c3cccc(Cl)c3)nc12. The Kier molecular flexibility index (Phi) is 5.56. The van der Waals surface area contributed by atoms with Gasteiger partial charge in [-0.25, -0.2) is 9.97 Å². The van der Waals surface area contributed by atoms with Crippen LogP contribution in [0.3, 0.4) is 0 Å². The van der Waals surface area contributed by atoms with Crippen molar-refractivity contribution in [3.63, 3.8) is 0 Å². The molecule has 1 amide bonds. The third kappa shape index (κ3) is 3.71. The van der Waals surface area contributed by atoms with E-state index >= 15 is 0 Å². The predicted molar refractivity (Wildman–Crippen MR) is 146 cm³/mol. The molecule has 6 rings (SSSR count). The maximum Gasteiger partial charge on any atom is 0.301 e. The molecule has 1 saturated heterocycles. The zero-order valence-electron chi connectivity index (χ0n) is 19.6. The zero-order valence-corrected chi connectivity index (χ0v) is 21.9. The summed E-state index contributed by atoms with van der Waals surface area (Å²) in [7, 11) is 0. The van der Waals surface area contributed by atoms with Crippen molar-refractivity contribution in [3.8, 4) is 0 Å². The molecule has 3 aromatic heterocycles. The molecule has 1 fully saturated rings. The van der Waals surface area contributed by atoms with Crippen LogP contribution in [0.5, 0.6) is 0 Å². The molecular formula is C27H18Cl2N4O3S. The summed E-state index contributed by atoms with van der Waals surface area (Å²) in [6.07, 6.45) is 1.83. The van der Waals surface area contributed by atoms with Gasteiger partial charge >= 0.3 is 5.91 Å². The Morgan fingerprint density at radius 1 is 1.00 bits per heavy atom. The van der Waals surface area contributed by atoms with Gasteiger partial charge in [0.2, 0.25) is 0 Å². The summed E-state index contributed by atoms with van der Waals surface area (Å²) in [6.45, 7) is 3.71. The van der Waals surface area contributed by atoms with Crippen LogP contribution in [0.25, 0.3) is 21.6 Å². The van der Waals surface area contributed by atoms with Gasteiger partial charge in [-0.05, 0) is 61.4 Å². The van der Waals surface area contributed by atoms with Crippen LogP contribution in [0, 0.1) is 13.8 Å². The Hall–Kier alpha value is -3.72. The molecule has 0 bridgehead atoms. The van der Waals surface area contributed by atoms with Crippen molar-refractivity contribution >= 4 is 73.0 Å². The number of aryl methyl sites for hydroxylation is 2. The normalized spacial score (nSPS) is 17.4. The van der Waals surface area contributed by atoms with Gasteiger partial charge in [0.25, 0.3) is 5.78 Å². The number of nitrogens with zero attached hydrogens (tertiary/aromatic N) is 4. The first-order chi connectivity index (χ1) is 17.7. The van der Waals surface area contributed by atoms with E-state index in [0.717, 1.165) is 10.3 Å². The molecule has 1 aliphatic rings. The first-order valence-electron chi connectivity index (χ1n) is 11.3. The van der Waals surface area contributed by atoms with E-state index in [2.05, 4.69) is 9.97 Å². The number of benzene rings is 2. The number of halogens is 2. The van der Waals surface area contributed by atoms with Gasteiger partial charge in [0.15, 0.2) is 10.9 Å². The Labute approximate surface area is 225 Å². The van der Waals surface area contributed by atoms with Crippen LogP contribution in [0.4, 0.5) is 5.13 Å². The number of Topliss-reactive ketones (excluding diaryl/α,β-unsaturated/α-hetero) is 1. The molecule has 7 nitrogen and oxygen atoms in total. The van der Waals surface area contributed by atoms with Crippen molar-refractivity contribution in [2.45, 2.75) is 19.9 Å². The van der Waals surface area contributed by atoms with Crippen LogP contribution in [-0.4, -0.2) is 31.2 Å². The number of rotatable bonds is 3. The van der Waals surface area contributed by atoms with E-state index in [4.69, 9.17) is 23.2 Å². The van der Waals surface area contributed by atoms with E-state index in [1.807, 2.05) is 29.7 Å². The van der Waals surface area contributed by atoms with E-state index in [0.29, 0.717) is 37.6 Å². The molecule has 0 spiro atoms. The lowest BCUT2D eigenvalue weighted by atomic mass is 9.96. The number of ketones is 1. The average Bonchev–Trinajstić information content (AvgIpc) is 3.51. The van der Waals surface area contributed by atoms with Gasteiger partial charge in [0.1, 0.15) is 11.3 Å². The van der Waals surface area contributed by atoms with E-state index in [-0.39, 0.29) is 17.0 Å². The van der Waals surface area contributed by atoms with Gasteiger partial charge in [-0.1, -0.05) is 52.7 Å². The van der Waals surface area contributed by atoms with Crippen LogP contribution in [0.1, 0.15) is 28.6 Å². The molecule has 4 heterocycles. The summed E-state index contributed by atoms with van der Waals surface area (Å²) in [5, 5.41) is 12.8. The summed E-state index contributed by atoms with van der Waals surface area (Å²) >= 11 is 13.7. The van der Waals surface area contributed by atoms with Gasteiger partial charge in [0, 0.05) is 16.2 Å². The van der Waals surface area contributed by atoms with Gasteiger partial charge < -0.3 is 9.51 Å². The standard InChI is InChI=1S/C27H18Cl2N4O3S/c1-13-5-4-10-32-14(2)21(31-25(13)32)23(34)20-22(15-6-3-7-16(28)11-15)33(26(36)24(20)35)27-30-18-9-8-17(29)12-19(18)37-27/h3-12,22,34H,1-2H3/b23-20+. The third-order valence-electron chi connectivity index (χ3n) is 6.46. The first-order valence-corrected chi connectivity index (χ1v) is 12.9. The summed E-state index contributed by atoms with van der Waals surface area (Å²) < 4.78 is 2.60. The minimum Gasteiger partial charge on any atom is -0.505 e. The number of amides is 1. The Morgan fingerprint density at radius 2 is 1.78 bits per heavy atom. The maximum atomic E-state index is 13.5. The number of pyridine rings is 1. The van der Waals surface area contributed by atoms with E-state index in [1.165, 1.54) is 16.2 Å². The fourth-order valence-electron chi connectivity index (χ4n) is 4.69. The van der Waals surface area contributed by atoms with Crippen molar-refractivity contribution in [2.24, 2.45) is 0 Å². The number of hydrogen-bond acceptors (Lipinski definition) is 6. The highest BCUT2D eigenvalue weighted by atomic mass is 35.5. The molecule has 2 aromatic carbocycles. The Bertz CT molecular complexity index is 1810. The molecule has 1 N–H and O–H groups in total. The Morgan fingerprint density at radius 3 is 2.54 bits per heavy atom. The number of aliphatic hydroxyl groups excluding tert-OH is 1. The van der Waals surface area contributed by atoms with E-state index in [1.54, 1.807) is 49.4 Å². The molecule has 0 radical (unpaired) electrons. The smallest absolute Gasteiger partial charge is 0.301 e. The number of thiazole rings is 1. The Balaban J connectivity index is 1.61. The fourth-order valence-corrected chi connectivity index (χ4v) is 6.15. The molecular weight excluding hydrogens is 531 g/mol. The van der Waals surface area contributed by atoms with Crippen LogP contribution in [0.15, 0.2) is 66.4 Å². The molecule has 0 aliphatic carbocycles. The van der Waals surface area contributed by atoms with Gasteiger partial charge in [-0.3, -0.25) is 14.5 Å². The van der Waals surface area contributed by atoms with E-state index < -0.39 is 17.7 Å². The molecule has 1 aliphatic heterocycles. The summed E-state index contributed by atoms with van der Waals surface area (Å²) in [4.78, 5) is 37.5. The minimum absolute atomic E-state index is 0.0753. The number of aliphatic hydroxyl groups is 1. The van der Waals surface area contributed by atoms with Gasteiger partial charge in [-0.2, -0.15) is 0 Å². The summed E-state index contributed by atoms with van der Waals surface area (Å²) in [5.41, 5.74) is 3.56. The quantitative estimate of drug-likeness (QED) is 0.158. The number of imidazole rings is 1. The molecule has 1 atom stereocenters. The van der Waals surface area contributed by atoms with E-state index in [9.17, 15) is 14.7 Å². The number of fused-ring (bicyclic) bond motifs is 2. The van der Waals surface area contributed by atoms with Crippen LogP contribution >= 0.6 is 34.5 Å². The molecule has 1 unspecified atom stereocenters. The lowest BCUT2D eigenvalue weighted by molar-refractivity contribution is -0.132. The van der Waals surface area contributed by atoms with Crippen LogP contribution < -0.4 is 4.90 Å². The monoisotopic (exact) mass is 548 g/mol. The second-order valence-electron chi connectivity index (χ2n) is 8.76. The van der Waals surface area contributed by atoms with Gasteiger partial charge in [0.05, 0.1) is 27.5 Å².